The van der Waals surface area contributed by atoms with Crippen molar-refractivity contribution >= 4 is 21.5 Å². The lowest BCUT2D eigenvalue weighted by Crippen LogP contribution is -2.11. The molecule has 0 atom stereocenters. The summed E-state index contributed by atoms with van der Waals surface area (Å²) in [4.78, 5) is 20.5. The van der Waals surface area contributed by atoms with Crippen molar-refractivity contribution in [3.63, 3.8) is 0 Å². The van der Waals surface area contributed by atoms with E-state index in [-0.39, 0.29) is 16.9 Å². The van der Waals surface area contributed by atoms with Crippen LogP contribution in [0.15, 0.2) is 47.4 Å². The van der Waals surface area contributed by atoms with Crippen molar-refractivity contribution in [2.45, 2.75) is 18.2 Å². The van der Waals surface area contributed by atoms with Gasteiger partial charge in [0.15, 0.2) is 0 Å². The molecule has 0 aliphatic rings. The summed E-state index contributed by atoms with van der Waals surface area (Å²) in [5.41, 5.74) is -0.220. The summed E-state index contributed by atoms with van der Waals surface area (Å²) >= 11 is 0. The van der Waals surface area contributed by atoms with Crippen LogP contribution >= 0.6 is 0 Å². The predicted octanol–water partition coefficient (Wildman–Crippen LogP) is 2.76. The zero-order chi connectivity index (χ0) is 18.6. The van der Waals surface area contributed by atoms with Gasteiger partial charge < -0.3 is 0 Å². The largest absolute Gasteiger partial charge is 0.296 e. The Hall–Kier alpha value is -2.85. The van der Waals surface area contributed by atoms with Gasteiger partial charge in [-0.05, 0) is 25.1 Å². The molecule has 0 saturated carbocycles. The first-order valence-corrected chi connectivity index (χ1v) is 8.50. The number of hydrogen-bond donors (Lipinski definition) is 0. The second-order valence-electron chi connectivity index (χ2n) is 5.13. The van der Waals surface area contributed by atoms with Crippen LogP contribution < -0.4 is 0 Å². The highest BCUT2D eigenvalue weighted by Crippen LogP contribution is 2.28. The molecule has 0 amide bonds. The molecule has 0 bridgehead atoms. The molecular formula is C15H14N2O7S. The first-order chi connectivity index (χ1) is 11.7. The number of aryl methyl sites for hydroxylation is 1. The number of benzene rings is 2. The highest BCUT2D eigenvalue weighted by atomic mass is 32.2. The molecule has 0 aliphatic heterocycles. The molecule has 2 rings (SSSR count). The van der Waals surface area contributed by atoms with Gasteiger partial charge in [-0.25, -0.2) is 0 Å². The van der Waals surface area contributed by atoms with E-state index in [1.54, 1.807) is 19.1 Å². The van der Waals surface area contributed by atoms with E-state index in [2.05, 4.69) is 0 Å². The Morgan fingerprint density at radius 1 is 0.960 bits per heavy atom. The number of rotatable bonds is 7. The monoisotopic (exact) mass is 366 g/mol. The molecule has 0 fully saturated rings. The summed E-state index contributed by atoms with van der Waals surface area (Å²) in [7, 11) is -4.05. The van der Waals surface area contributed by atoms with Crippen molar-refractivity contribution < 1.29 is 22.4 Å². The molecule has 0 unspecified atom stereocenters. The molecule has 0 radical (unpaired) electrons. The van der Waals surface area contributed by atoms with Crippen LogP contribution in [-0.4, -0.2) is 24.9 Å². The van der Waals surface area contributed by atoms with Gasteiger partial charge in [0.2, 0.25) is 0 Å². The maximum absolute atomic E-state index is 12.1. The fraction of sp³-hybridized carbons (Fsp3) is 0.200. The fourth-order valence-electron chi connectivity index (χ4n) is 2.19. The molecule has 10 heteroatoms. The van der Waals surface area contributed by atoms with Crippen LogP contribution in [0.25, 0.3) is 0 Å². The van der Waals surface area contributed by atoms with Crippen LogP contribution in [0.5, 0.6) is 0 Å². The van der Waals surface area contributed by atoms with Crippen LogP contribution in [0.3, 0.4) is 0 Å². The van der Waals surface area contributed by atoms with E-state index in [0.29, 0.717) is 0 Å². The first kappa shape index (κ1) is 18.5. The molecule has 0 heterocycles. The van der Waals surface area contributed by atoms with Gasteiger partial charge >= 0.3 is 0 Å². The van der Waals surface area contributed by atoms with Gasteiger partial charge in [-0.15, -0.1) is 0 Å². The zero-order valence-corrected chi connectivity index (χ0v) is 13.9. The minimum atomic E-state index is -4.05. The second kappa shape index (κ2) is 7.36. The van der Waals surface area contributed by atoms with E-state index in [0.717, 1.165) is 17.7 Å². The van der Waals surface area contributed by atoms with Crippen molar-refractivity contribution in [2.75, 3.05) is 6.61 Å². The van der Waals surface area contributed by atoms with Gasteiger partial charge in [-0.1, -0.05) is 17.7 Å². The van der Waals surface area contributed by atoms with E-state index < -0.39 is 37.9 Å². The third-order valence-corrected chi connectivity index (χ3v) is 4.75. The van der Waals surface area contributed by atoms with E-state index in [1.165, 1.54) is 18.2 Å². The molecule has 0 aliphatic carbocycles. The third kappa shape index (κ3) is 4.37. The molecule has 0 spiro atoms. The molecule has 25 heavy (non-hydrogen) atoms. The normalized spacial score (nSPS) is 11.2. The van der Waals surface area contributed by atoms with Gasteiger partial charge in [0, 0.05) is 18.6 Å². The van der Waals surface area contributed by atoms with Crippen LogP contribution in [0.2, 0.25) is 0 Å². The topological polar surface area (TPSA) is 130 Å². The smallest absolute Gasteiger partial charge is 0.266 e. The summed E-state index contributed by atoms with van der Waals surface area (Å²) in [6.07, 6.45) is -0.293. The maximum Gasteiger partial charge on any atom is 0.296 e. The molecule has 2 aromatic carbocycles. The highest BCUT2D eigenvalue weighted by molar-refractivity contribution is 7.86. The van der Waals surface area contributed by atoms with Gasteiger partial charge in [0.1, 0.15) is 5.56 Å². The number of nitrogens with zero attached hydrogens (tertiary/aromatic N) is 2. The minimum absolute atomic E-state index is 0.0600. The number of nitro groups is 2. The van der Waals surface area contributed by atoms with E-state index >= 15 is 0 Å². The molecule has 9 nitrogen and oxygen atoms in total. The van der Waals surface area contributed by atoms with Crippen molar-refractivity contribution in [3.8, 4) is 0 Å². The van der Waals surface area contributed by atoms with Gasteiger partial charge in [-0.2, -0.15) is 8.42 Å². The van der Waals surface area contributed by atoms with Crippen molar-refractivity contribution in [1.82, 2.24) is 0 Å². The van der Waals surface area contributed by atoms with Crippen molar-refractivity contribution in [3.05, 3.63) is 73.8 Å². The van der Waals surface area contributed by atoms with Gasteiger partial charge in [0.25, 0.3) is 21.5 Å². The van der Waals surface area contributed by atoms with E-state index in [4.69, 9.17) is 4.18 Å². The Labute approximate surface area is 143 Å². The zero-order valence-electron chi connectivity index (χ0n) is 13.1. The van der Waals surface area contributed by atoms with Crippen molar-refractivity contribution in [1.29, 1.82) is 0 Å². The van der Waals surface area contributed by atoms with Gasteiger partial charge in [-0.3, -0.25) is 24.4 Å². The Kier molecular flexibility index (Phi) is 5.45. The molecule has 2 aromatic rings. The minimum Gasteiger partial charge on any atom is -0.266 e. The summed E-state index contributed by atoms with van der Waals surface area (Å²) < 4.78 is 29.0. The third-order valence-electron chi connectivity index (χ3n) is 3.42. The SMILES string of the molecule is Cc1ccc(S(=O)(=O)OCCc2c([N+](=O)[O-])cccc2[N+](=O)[O-])cc1. The molecule has 0 saturated heterocycles. The average molecular weight is 366 g/mol. The van der Waals surface area contributed by atoms with Crippen LogP contribution in [0.1, 0.15) is 11.1 Å². The first-order valence-electron chi connectivity index (χ1n) is 7.09. The Morgan fingerprint density at radius 3 is 1.96 bits per heavy atom. The lowest BCUT2D eigenvalue weighted by Gasteiger charge is -2.07. The van der Waals surface area contributed by atoms with Crippen LogP contribution in [-0.2, 0) is 20.7 Å². The lowest BCUT2D eigenvalue weighted by molar-refractivity contribution is -0.395. The molecule has 132 valence electrons. The predicted molar refractivity (Wildman–Crippen MR) is 87.8 cm³/mol. The van der Waals surface area contributed by atoms with E-state index in [9.17, 15) is 28.6 Å². The fourth-order valence-corrected chi connectivity index (χ4v) is 3.10. The quantitative estimate of drug-likeness (QED) is 0.418. The number of nitro benzene ring substituents is 2. The van der Waals surface area contributed by atoms with Crippen LogP contribution in [0.4, 0.5) is 11.4 Å². The molecule has 0 aromatic heterocycles. The average Bonchev–Trinajstić information content (AvgIpc) is 2.54. The summed E-state index contributed by atoms with van der Waals surface area (Å²) in [5, 5.41) is 22.1. The molecule has 0 N–H and O–H groups in total. The molecular weight excluding hydrogens is 352 g/mol. The Balaban J connectivity index is 2.20. The lowest BCUT2D eigenvalue weighted by atomic mass is 10.1. The van der Waals surface area contributed by atoms with Crippen LogP contribution in [0, 0.1) is 27.2 Å². The van der Waals surface area contributed by atoms with Gasteiger partial charge in [0.05, 0.1) is 21.3 Å². The van der Waals surface area contributed by atoms with Crippen molar-refractivity contribution in [2.24, 2.45) is 0 Å². The number of hydrogen-bond acceptors (Lipinski definition) is 7. The van der Waals surface area contributed by atoms with E-state index in [1.807, 2.05) is 0 Å². The summed E-state index contributed by atoms with van der Waals surface area (Å²) in [6, 6.07) is 9.39. The maximum atomic E-state index is 12.1. The summed E-state index contributed by atoms with van der Waals surface area (Å²) in [5.74, 6) is 0. The summed E-state index contributed by atoms with van der Waals surface area (Å²) in [6.45, 7) is 1.34. The standard InChI is InChI=1S/C15H14N2O7S/c1-11-5-7-12(8-6-11)25(22,23)24-10-9-13-14(16(18)19)3-2-4-15(13)17(20)21/h2-8H,9-10H2,1H3. The second-order valence-corrected chi connectivity index (χ2v) is 6.74. The Morgan fingerprint density at radius 2 is 1.48 bits per heavy atom. The highest BCUT2D eigenvalue weighted by Gasteiger charge is 2.25. The Bertz CT molecular complexity index is 876.